The predicted molar refractivity (Wildman–Crippen MR) is 82.5 cm³/mol. The van der Waals surface area contributed by atoms with Crippen molar-refractivity contribution in [2.45, 2.75) is 33.1 Å². The van der Waals surface area contributed by atoms with Gasteiger partial charge in [0.25, 0.3) is 0 Å². The summed E-state index contributed by atoms with van der Waals surface area (Å²) >= 11 is 0. The number of benzene rings is 1. The SMILES string of the molecule is CCCN(CCC)S(=O)(=O)Nc1cccc(CC(=O)O)c1. The Morgan fingerprint density at radius 2 is 1.86 bits per heavy atom. The van der Waals surface area contributed by atoms with E-state index in [2.05, 4.69) is 4.72 Å². The van der Waals surface area contributed by atoms with Gasteiger partial charge in [0, 0.05) is 13.1 Å². The summed E-state index contributed by atoms with van der Waals surface area (Å²) in [6.45, 7) is 4.76. The van der Waals surface area contributed by atoms with Crippen LogP contribution in [0.15, 0.2) is 24.3 Å². The molecule has 1 aromatic rings. The molecule has 0 aliphatic carbocycles. The molecule has 0 amide bonds. The third-order valence-electron chi connectivity index (χ3n) is 2.82. The van der Waals surface area contributed by atoms with E-state index in [9.17, 15) is 13.2 Å². The highest BCUT2D eigenvalue weighted by atomic mass is 32.2. The summed E-state index contributed by atoms with van der Waals surface area (Å²) in [6.07, 6.45) is 1.34. The van der Waals surface area contributed by atoms with Crippen LogP contribution in [0.3, 0.4) is 0 Å². The number of hydrogen-bond acceptors (Lipinski definition) is 3. The minimum absolute atomic E-state index is 0.136. The highest BCUT2D eigenvalue weighted by Crippen LogP contribution is 2.15. The van der Waals surface area contributed by atoms with Crippen LogP contribution in [0, 0.1) is 0 Å². The monoisotopic (exact) mass is 314 g/mol. The smallest absolute Gasteiger partial charge is 0.307 e. The summed E-state index contributed by atoms with van der Waals surface area (Å²) in [6, 6.07) is 6.45. The summed E-state index contributed by atoms with van der Waals surface area (Å²) < 4.78 is 28.5. The minimum atomic E-state index is -3.61. The number of carbonyl (C=O) groups is 1. The van der Waals surface area contributed by atoms with Crippen molar-refractivity contribution in [2.24, 2.45) is 0 Å². The number of nitrogens with one attached hydrogen (secondary N) is 1. The lowest BCUT2D eigenvalue weighted by Gasteiger charge is -2.21. The van der Waals surface area contributed by atoms with Gasteiger partial charge in [0.15, 0.2) is 0 Å². The lowest BCUT2D eigenvalue weighted by atomic mass is 10.1. The number of rotatable bonds is 9. The average Bonchev–Trinajstić information content (AvgIpc) is 2.37. The fourth-order valence-corrected chi connectivity index (χ4v) is 3.38. The lowest BCUT2D eigenvalue weighted by Crippen LogP contribution is -2.37. The molecular formula is C14H22N2O4S. The third kappa shape index (κ3) is 5.73. The Hall–Kier alpha value is -1.60. The first-order valence-corrected chi connectivity index (χ1v) is 8.41. The second-order valence-electron chi connectivity index (χ2n) is 4.78. The Morgan fingerprint density at radius 1 is 1.24 bits per heavy atom. The second-order valence-corrected chi connectivity index (χ2v) is 6.45. The van der Waals surface area contributed by atoms with Crippen molar-refractivity contribution >= 4 is 21.9 Å². The molecule has 0 saturated heterocycles. The van der Waals surface area contributed by atoms with E-state index in [1.165, 1.54) is 4.31 Å². The van der Waals surface area contributed by atoms with Crippen LogP contribution in [0.2, 0.25) is 0 Å². The molecule has 0 radical (unpaired) electrons. The Kier molecular flexibility index (Phi) is 6.64. The van der Waals surface area contributed by atoms with Gasteiger partial charge in [0.1, 0.15) is 0 Å². The minimum Gasteiger partial charge on any atom is -0.481 e. The van der Waals surface area contributed by atoms with Gasteiger partial charge in [-0.15, -0.1) is 0 Å². The Labute approximate surface area is 126 Å². The molecule has 6 nitrogen and oxygen atoms in total. The zero-order valence-electron chi connectivity index (χ0n) is 12.4. The van der Waals surface area contributed by atoms with E-state index in [0.717, 1.165) is 12.8 Å². The van der Waals surface area contributed by atoms with Crippen molar-refractivity contribution in [1.29, 1.82) is 0 Å². The Bertz CT molecular complexity index is 566. The average molecular weight is 314 g/mol. The van der Waals surface area contributed by atoms with Crippen molar-refractivity contribution in [2.75, 3.05) is 17.8 Å². The van der Waals surface area contributed by atoms with Crippen LogP contribution in [0.5, 0.6) is 0 Å². The maximum Gasteiger partial charge on any atom is 0.307 e. The molecule has 0 aliphatic heterocycles. The lowest BCUT2D eigenvalue weighted by molar-refractivity contribution is -0.136. The zero-order valence-corrected chi connectivity index (χ0v) is 13.2. The first-order valence-electron chi connectivity index (χ1n) is 6.97. The summed E-state index contributed by atoms with van der Waals surface area (Å²) in [5, 5.41) is 8.77. The van der Waals surface area contributed by atoms with E-state index >= 15 is 0 Å². The Morgan fingerprint density at radius 3 is 2.38 bits per heavy atom. The van der Waals surface area contributed by atoms with Crippen LogP contribution in [-0.2, 0) is 21.4 Å². The van der Waals surface area contributed by atoms with Crippen molar-refractivity contribution in [3.8, 4) is 0 Å². The van der Waals surface area contributed by atoms with Gasteiger partial charge in [-0.25, -0.2) is 0 Å². The van der Waals surface area contributed by atoms with E-state index in [1.807, 2.05) is 13.8 Å². The second kappa shape index (κ2) is 7.99. The van der Waals surface area contributed by atoms with Gasteiger partial charge < -0.3 is 5.11 Å². The summed E-state index contributed by atoms with van der Waals surface area (Å²) in [4.78, 5) is 10.7. The molecule has 0 heterocycles. The van der Waals surface area contributed by atoms with Gasteiger partial charge in [-0.2, -0.15) is 12.7 Å². The molecule has 0 unspecified atom stereocenters. The third-order valence-corrected chi connectivity index (χ3v) is 4.35. The van der Waals surface area contributed by atoms with Crippen molar-refractivity contribution in [3.05, 3.63) is 29.8 Å². The van der Waals surface area contributed by atoms with Crippen LogP contribution >= 0.6 is 0 Å². The maximum absolute atomic E-state index is 12.3. The molecular weight excluding hydrogens is 292 g/mol. The van der Waals surface area contributed by atoms with E-state index in [4.69, 9.17) is 5.11 Å². The normalized spacial score (nSPS) is 11.6. The van der Waals surface area contributed by atoms with Gasteiger partial charge in [0.05, 0.1) is 12.1 Å². The zero-order chi connectivity index (χ0) is 15.9. The van der Waals surface area contributed by atoms with Crippen molar-refractivity contribution < 1.29 is 18.3 Å². The first-order chi connectivity index (χ1) is 9.89. The molecule has 21 heavy (non-hydrogen) atoms. The van der Waals surface area contributed by atoms with Crippen LogP contribution in [0.4, 0.5) is 5.69 Å². The van der Waals surface area contributed by atoms with E-state index < -0.39 is 16.2 Å². The number of anilines is 1. The van der Waals surface area contributed by atoms with Gasteiger partial charge >= 0.3 is 16.2 Å². The molecule has 1 aromatic carbocycles. The fraction of sp³-hybridized carbons (Fsp3) is 0.500. The van der Waals surface area contributed by atoms with Crippen LogP contribution < -0.4 is 4.72 Å². The van der Waals surface area contributed by atoms with Gasteiger partial charge in [-0.05, 0) is 30.5 Å². The topological polar surface area (TPSA) is 86.7 Å². The van der Waals surface area contributed by atoms with Gasteiger partial charge in [-0.3, -0.25) is 9.52 Å². The summed E-state index contributed by atoms with van der Waals surface area (Å²) in [5.74, 6) is -0.950. The first kappa shape index (κ1) is 17.5. The standard InChI is InChI=1S/C14H22N2O4S/c1-3-8-16(9-4-2)21(19,20)15-13-7-5-6-12(10-13)11-14(17)18/h5-7,10,15H,3-4,8-9,11H2,1-2H3,(H,17,18). The number of aliphatic carboxylic acids is 1. The highest BCUT2D eigenvalue weighted by molar-refractivity contribution is 7.90. The van der Waals surface area contributed by atoms with E-state index in [1.54, 1.807) is 24.3 Å². The number of nitrogens with zero attached hydrogens (tertiary/aromatic N) is 1. The van der Waals surface area contributed by atoms with Gasteiger partial charge in [-0.1, -0.05) is 26.0 Å². The fourth-order valence-electron chi connectivity index (χ4n) is 1.98. The molecule has 0 atom stereocenters. The molecule has 0 spiro atoms. The Balaban J connectivity index is 2.89. The van der Waals surface area contributed by atoms with Crippen LogP contribution in [0.1, 0.15) is 32.3 Å². The molecule has 0 saturated carbocycles. The molecule has 7 heteroatoms. The molecule has 2 N–H and O–H groups in total. The largest absolute Gasteiger partial charge is 0.481 e. The highest BCUT2D eigenvalue weighted by Gasteiger charge is 2.20. The summed E-state index contributed by atoms with van der Waals surface area (Å²) in [5.41, 5.74) is 0.936. The predicted octanol–water partition coefficient (Wildman–Crippen LogP) is 2.09. The maximum atomic E-state index is 12.3. The molecule has 0 aromatic heterocycles. The molecule has 1 rings (SSSR count). The molecule has 0 bridgehead atoms. The van der Waals surface area contributed by atoms with E-state index in [-0.39, 0.29) is 6.42 Å². The van der Waals surface area contributed by atoms with Crippen LogP contribution in [0.25, 0.3) is 0 Å². The quantitative estimate of drug-likeness (QED) is 0.730. The van der Waals surface area contributed by atoms with Gasteiger partial charge in [0.2, 0.25) is 0 Å². The molecule has 118 valence electrons. The number of carboxylic acids is 1. The number of hydrogen-bond donors (Lipinski definition) is 2. The summed E-state index contributed by atoms with van der Waals surface area (Å²) in [7, 11) is -3.61. The van der Waals surface area contributed by atoms with E-state index in [0.29, 0.717) is 24.3 Å². The van der Waals surface area contributed by atoms with Crippen molar-refractivity contribution in [3.63, 3.8) is 0 Å². The molecule has 0 aliphatic rings. The number of carboxylic acid groups (broad SMARTS) is 1. The molecule has 0 fully saturated rings. The van der Waals surface area contributed by atoms with Crippen molar-refractivity contribution in [1.82, 2.24) is 4.31 Å². The van der Waals surface area contributed by atoms with Crippen LogP contribution in [-0.4, -0.2) is 36.9 Å².